The second-order valence-electron chi connectivity index (χ2n) is 10.5. The van der Waals surface area contributed by atoms with Crippen molar-refractivity contribution in [1.82, 2.24) is 10.2 Å². The van der Waals surface area contributed by atoms with Gasteiger partial charge < -0.3 is 25.8 Å². The molecule has 1 rings (SSSR count). The SMILES string of the molecule is CC(C)[C@H](NC(=O)OC(C)(C)C)C(=O)N(C)[C@@H](Cc1ccc(O)c(C(C)(C)C)c1)C(N)=O. The Morgan fingerprint density at radius 1 is 1.12 bits per heavy atom. The number of alkyl carbamates (subject to hydrolysis) is 1. The van der Waals surface area contributed by atoms with Gasteiger partial charge in [-0.1, -0.05) is 46.8 Å². The fraction of sp³-hybridized carbons (Fsp3) is 0.625. The lowest BCUT2D eigenvalue weighted by molar-refractivity contribution is -0.140. The molecule has 0 aliphatic rings. The molecule has 32 heavy (non-hydrogen) atoms. The number of hydrogen-bond acceptors (Lipinski definition) is 5. The van der Waals surface area contributed by atoms with Crippen molar-refractivity contribution in [2.45, 2.75) is 84.9 Å². The standard InChI is InChI=1S/C24H39N3O5/c1-14(2)19(26-22(31)32-24(6,7)8)21(30)27(9)17(20(25)29)13-15-10-11-18(28)16(12-15)23(3,4)5/h10-12,14,17,19,28H,13H2,1-9H3,(H2,25,29)(H,26,31)/t17-,19-/m0/s1. The van der Waals surface area contributed by atoms with Gasteiger partial charge in [0, 0.05) is 13.5 Å². The highest BCUT2D eigenvalue weighted by Gasteiger charge is 2.34. The third kappa shape index (κ3) is 7.73. The quantitative estimate of drug-likeness (QED) is 0.590. The molecule has 0 saturated carbocycles. The van der Waals surface area contributed by atoms with Crippen molar-refractivity contribution >= 4 is 17.9 Å². The van der Waals surface area contributed by atoms with Gasteiger partial charge in [0.2, 0.25) is 11.8 Å². The first-order valence-corrected chi connectivity index (χ1v) is 10.8. The molecular weight excluding hydrogens is 410 g/mol. The fourth-order valence-electron chi connectivity index (χ4n) is 3.28. The Morgan fingerprint density at radius 3 is 2.12 bits per heavy atom. The number of benzene rings is 1. The van der Waals surface area contributed by atoms with Crippen LogP contribution >= 0.6 is 0 Å². The molecule has 8 nitrogen and oxygen atoms in total. The zero-order chi connectivity index (χ0) is 25.0. The minimum atomic E-state index is -0.929. The molecule has 0 heterocycles. The number of aromatic hydroxyl groups is 1. The van der Waals surface area contributed by atoms with E-state index in [1.807, 2.05) is 26.8 Å². The van der Waals surface area contributed by atoms with Crippen LogP contribution in [0.3, 0.4) is 0 Å². The molecule has 1 aromatic rings. The highest BCUT2D eigenvalue weighted by molar-refractivity contribution is 5.91. The Kier molecular flexibility index (Phi) is 8.72. The largest absolute Gasteiger partial charge is 0.508 e. The molecule has 180 valence electrons. The van der Waals surface area contributed by atoms with Crippen molar-refractivity contribution in [2.24, 2.45) is 11.7 Å². The third-order valence-electron chi connectivity index (χ3n) is 5.05. The number of carbonyl (C=O) groups is 3. The number of ether oxygens (including phenoxy) is 1. The van der Waals surface area contributed by atoms with Gasteiger partial charge in [0.15, 0.2) is 0 Å². The van der Waals surface area contributed by atoms with Crippen molar-refractivity contribution in [3.8, 4) is 5.75 Å². The van der Waals surface area contributed by atoms with Crippen LogP contribution in [-0.4, -0.2) is 52.6 Å². The summed E-state index contributed by atoms with van der Waals surface area (Å²) >= 11 is 0. The van der Waals surface area contributed by atoms with E-state index >= 15 is 0 Å². The Balaban J connectivity index is 3.13. The first-order valence-electron chi connectivity index (χ1n) is 10.8. The van der Waals surface area contributed by atoms with Crippen LogP contribution < -0.4 is 11.1 Å². The van der Waals surface area contributed by atoms with Gasteiger partial charge in [0.1, 0.15) is 23.4 Å². The number of primary amides is 1. The fourth-order valence-corrected chi connectivity index (χ4v) is 3.28. The average Bonchev–Trinajstić information content (AvgIpc) is 2.61. The summed E-state index contributed by atoms with van der Waals surface area (Å²) in [5.41, 5.74) is 6.13. The van der Waals surface area contributed by atoms with E-state index in [4.69, 9.17) is 10.5 Å². The van der Waals surface area contributed by atoms with E-state index in [9.17, 15) is 19.5 Å². The number of rotatable bonds is 7. The summed E-state index contributed by atoms with van der Waals surface area (Å²) in [6.45, 7) is 14.7. The molecule has 2 atom stereocenters. The summed E-state index contributed by atoms with van der Waals surface area (Å²) in [7, 11) is 1.50. The van der Waals surface area contributed by atoms with Gasteiger partial charge in [-0.2, -0.15) is 0 Å². The smallest absolute Gasteiger partial charge is 0.408 e. The predicted molar refractivity (Wildman–Crippen MR) is 124 cm³/mol. The summed E-state index contributed by atoms with van der Waals surface area (Å²) in [4.78, 5) is 39.0. The molecule has 0 aromatic heterocycles. The summed E-state index contributed by atoms with van der Waals surface area (Å²) in [5, 5.41) is 12.8. The number of hydrogen-bond donors (Lipinski definition) is 3. The maximum Gasteiger partial charge on any atom is 0.408 e. The first kappa shape index (κ1) is 27.3. The Labute approximate surface area is 191 Å². The molecule has 0 aliphatic heterocycles. The molecule has 0 radical (unpaired) electrons. The molecule has 0 bridgehead atoms. The Hall–Kier alpha value is -2.77. The third-order valence-corrected chi connectivity index (χ3v) is 5.05. The highest BCUT2D eigenvalue weighted by atomic mass is 16.6. The highest BCUT2D eigenvalue weighted by Crippen LogP contribution is 2.31. The summed E-state index contributed by atoms with van der Waals surface area (Å²) in [6.07, 6.45) is -0.528. The van der Waals surface area contributed by atoms with Crippen molar-refractivity contribution in [1.29, 1.82) is 0 Å². The van der Waals surface area contributed by atoms with Crippen LogP contribution in [0, 0.1) is 5.92 Å². The number of nitrogens with zero attached hydrogens (tertiary/aromatic N) is 1. The van der Waals surface area contributed by atoms with Gasteiger partial charge in [0.25, 0.3) is 0 Å². The molecule has 1 aromatic carbocycles. The number of phenols is 1. The van der Waals surface area contributed by atoms with Gasteiger partial charge in [-0.05, 0) is 49.3 Å². The molecule has 3 amide bonds. The maximum atomic E-state index is 13.2. The first-order chi connectivity index (χ1) is 14.4. The molecule has 0 saturated heterocycles. The van der Waals surface area contributed by atoms with Crippen molar-refractivity contribution in [3.63, 3.8) is 0 Å². The predicted octanol–water partition coefficient (Wildman–Crippen LogP) is 3.09. The monoisotopic (exact) mass is 449 g/mol. The van der Waals surface area contributed by atoms with E-state index in [1.165, 1.54) is 11.9 Å². The summed E-state index contributed by atoms with van der Waals surface area (Å²) in [6, 6.07) is 3.29. The van der Waals surface area contributed by atoms with Gasteiger partial charge in [0.05, 0.1) is 0 Å². The molecule has 0 fully saturated rings. The van der Waals surface area contributed by atoms with Crippen LogP contribution in [0.2, 0.25) is 0 Å². The number of carbonyl (C=O) groups excluding carboxylic acids is 3. The van der Waals surface area contributed by atoms with Gasteiger partial charge in [-0.25, -0.2) is 4.79 Å². The lowest BCUT2D eigenvalue weighted by atomic mass is 9.84. The molecule has 0 spiro atoms. The average molecular weight is 450 g/mol. The van der Waals surface area contributed by atoms with Gasteiger partial charge >= 0.3 is 6.09 Å². The summed E-state index contributed by atoms with van der Waals surface area (Å²) < 4.78 is 5.27. The minimum absolute atomic E-state index is 0.169. The molecule has 4 N–H and O–H groups in total. The second-order valence-corrected chi connectivity index (χ2v) is 10.5. The molecule has 0 aliphatic carbocycles. The lowest BCUT2D eigenvalue weighted by Gasteiger charge is -2.32. The van der Waals surface area contributed by atoms with Crippen LogP contribution in [0.4, 0.5) is 4.79 Å². The van der Waals surface area contributed by atoms with Crippen LogP contribution in [0.25, 0.3) is 0 Å². The van der Waals surface area contributed by atoms with Crippen LogP contribution in [-0.2, 0) is 26.2 Å². The number of phenolic OH excluding ortho intramolecular Hbond substituents is 1. The number of nitrogens with two attached hydrogens (primary N) is 1. The maximum absolute atomic E-state index is 13.2. The lowest BCUT2D eigenvalue weighted by Crippen LogP contribution is -2.56. The van der Waals surface area contributed by atoms with E-state index in [1.54, 1.807) is 46.8 Å². The van der Waals surface area contributed by atoms with Gasteiger partial charge in [-0.3, -0.25) is 9.59 Å². The van der Waals surface area contributed by atoms with Crippen molar-refractivity contribution < 1.29 is 24.2 Å². The van der Waals surface area contributed by atoms with Crippen molar-refractivity contribution in [3.05, 3.63) is 29.3 Å². The zero-order valence-corrected chi connectivity index (χ0v) is 20.8. The Bertz CT molecular complexity index is 837. The minimum Gasteiger partial charge on any atom is -0.508 e. The number of nitrogens with one attached hydrogen (secondary N) is 1. The number of likely N-dealkylation sites (N-methyl/N-ethyl adjacent to an activating group) is 1. The van der Waals surface area contributed by atoms with Crippen molar-refractivity contribution in [2.75, 3.05) is 7.05 Å². The zero-order valence-electron chi connectivity index (χ0n) is 20.8. The van der Waals surface area contributed by atoms with E-state index in [0.717, 1.165) is 11.1 Å². The van der Waals surface area contributed by atoms with Crippen LogP contribution in [0.5, 0.6) is 5.75 Å². The normalized spacial score (nSPS) is 13.9. The second kappa shape index (κ2) is 10.2. The van der Waals surface area contributed by atoms with Gasteiger partial charge in [-0.15, -0.1) is 0 Å². The van der Waals surface area contributed by atoms with E-state index < -0.39 is 35.6 Å². The topological polar surface area (TPSA) is 122 Å². The summed E-state index contributed by atoms with van der Waals surface area (Å²) in [5.74, 6) is -1.18. The van der Waals surface area contributed by atoms with Crippen LogP contribution in [0.15, 0.2) is 18.2 Å². The van der Waals surface area contributed by atoms with E-state index in [-0.39, 0.29) is 23.5 Å². The molecular formula is C24H39N3O5. The van der Waals surface area contributed by atoms with E-state index in [0.29, 0.717) is 0 Å². The Morgan fingerprint density at radius 2 is 1.69 bits per heavy atom. The van der Waals surface area contributed by atoms with E-state index in [2.05, 4.69) is 5.32 Å². The number of amides is 3. The molecule has 8 heteroatoms. The van der Waals surface area contributed by atoms with Crippen LogP contribution in [0.1, 0.15) is 66.5 Å². The molecule has 0 unspecified atom stereocenters.